The van der Waals surface area contributed by atoms with Crippen molar-refractivity contribution in [3.05, 3.63) is 71.6 Å². The maximum Gasteiger partial charge on any atom is 0.228 e. The van der Waals surface area contributed by atoms with E-state index in [4.69, 9.17) is 0 Å². The fraction of sp³-hybridized carbons (Fsp3) is 0.435. The standard InChI is InChI=1S/C23H27FN4O/c1-17-25-14-19(15-26-17)16-28-12-3-2-10-23(11-4-5-21(23)28)22(29)27-13-18-6-8-20(24)9-7-18/h2-3,6-9,14-15,21H,4-5,10-13,16H2,1H3,(H,27,29)/t21-,23-/m1/s1. The van der Waals surface area contributed by atoms with Crippen molar-refractivity contribution in [1.29, 1.82) is 0 Å². The number of halogens is 1. The fourth-order valence-corrected chi connectivity index (χ4v) is 4.68. The van der Waals surface area contributed by atoms with E-state index in [2.05, 4.69) is 32.3 Å². The highest BCUT2D eigenvalue weighted by molar-refractivity contribution is 5.84. The highest BCUT2D eigenvalue weighted by atomic mass is 19.1. The largest absolute Gasteiger partial charge is 0.351 e. The first kappa shape index (κ1) is 19.7. The van der Waals surface area contributed by atoms with Gasteiger partial charge in [0.2, 0.25) is 5.91 Å². The summed E-state index contributed by atoms with van der Waals surface area (Å²) in [5.74, 6) is 0.597. The second-order valence-corrected chi connectivity index (χ2v) is 8.12. The molecule has 2 heterocycles. The Labute approximate surface area is 171 Å². The highest BCUT2D eigenvalue weighted by Gasteiger charge is 2.50. The molecule has 1 N–H and O–H groups in total. The predicted molar refractivity (Wildman–Crippen MR) is 109 cm³/mol. The number of fused-ring (bicyclic) bond motifs is 1. The molecule has 4 rings (SSSR count). The Morgan fingerprint density at radius 1 is 1.21 bits per heavy atom. The molecule has 1 amide bonds. The van der Waals surface area contributed by atoms with Gasteiger partial charge in [0.15, 0.2) is 0 Å². The van der Waals surface area contributed by atoms with Crippen LogP contribution in [0.5, 0.6) is 0 Å². The monoisotopic (exact) mass is 394 g/mol. The van der Waals surface area contributed by atoms with Crippen LogP contribution >= 0.6 is 0 Å². The van der Waals surface area contributed by atoms with Gasteiger partial charge in [0, 0.05) is 43.6 Å². The second kappa shape index (κ2) is 8.41. The second-order valence-electron chi connectivity index (χ2n) is 8.12. The van der Waals surface area contributed by atoms with Gasteiger partial charge in [-0.05, 0) is 43.9 Å². The number of nitrogens with one attached hydrogen (secondary N) is 1. The number of carbonyl (C=O) groups is 1. The summed E-state index contributed by atoms with van der Waals surface area (Å²) in [5.41, 5.74) is 1.56. The summed E-state index contributed by atoms with van der Waals surface area (Å²) in [4.78, 5) is 24.4. The van der Waals surface area contributed by atoms with Gasteiger partial charge in [-0.25, -0.2) is 14.4 Å². The predicted octanol–water partition coefficient (Wildman–Crippen LogP) is 3.54. The minimum absolute atomic E-state index is 0.0982. The Morgan fingerprint density at radius 3 is 2.72 bits per heavy atom. The van der Waals surface area contributed by atoms with E-state index in [0.29, 0.717) is 6.54 Å². The van der Waals surface area contributed by atoms with E-state index in [1.165, 1.54) is 12.1 Å². The van der Waals surface area contributed by atoms with Crippen molar-refractivity contribution < 1.29 is 9.18 Å². The molecule has 2 atom stereocenters. The van der Waals surface area contributed by atoms with Crippen molar-refractivity contribution in [2.45, 2.75) is 51.7 Å². The number of nitrogens with zero attached hydrogens (tertiary/aromatic N) is 3. The summed E-state index contributed by atoms with van der Waals surface area (Å²) in [7, 11) is 0. The molecule has 0 unspecified atom stereocenters. The van der Waals surface area contributed by atoms with Crippen molar-refractivity contribution in [1.82, 2.24) is 20.2 Å². The molecule has 5 nitrogen and oxygen atoms in total. The molecule has 1 aromatic heterocycles. The summed E-state index contributed by atoms with van der Waals surface area (Å²) >= 11 is 0. The number of aromatic nitrogens is 2. The molecule has 1 fully saturated rings. The van der Waals surface area contributed by atoms with Crippen LogP contribution in [0.4, 0.5) is 4.39 Å². The van der Waals surface area contributed by atoms with Crippen LogP contribution in [0, 0.1) is 18.2 Å². The van der Waals surface area contributed by atoms with Crippen molar-refractivity contribution in [3.63, 3.8) is 0 Å². The summed E-state index contributed by atoms with van der Waals surface area (Å²) < 4.78 is 13.1. The molecular weight excluding hydrogens is 367 g/mol. The van der Waals surface area contributed by atoms with Gasteiger partial charge in [0.1, 0.15) is 11.6 Å². The number of hydrogen-bond acceptors (Lipinski definition) is 4. The minimum atomic E-state index is -0.418. The van der Waals surface area contributed by atoms with Crippen LogP contribution in [0.25, 0.3) is 0 Å². The minimum Gasteiger partial charge on any atom is -0.351 e. The zero-order valence-electron chi connectivity index (χ0n) is 16.8. The molecular formula is C23H27FN4O. The van der Waals surface area contributed by atoms with Crippen molar-refractivity contribution in [2.75, 3.05) is 6.54 Å². The van der Waals surface area contributed by atoms with Crippen molar-refractivity contribution in [3.8, 4) is 0 Å². The van der Waals surface area contributed by atoms with E-state index in [0.717, 1.165) is 55.7 Å². The average molecular weight is 394 g/mol. The maximum atomic E-state index is 13.4. The number of rotatable bonds is 5. The van der Waals surface area contributed by atoms with Gasteiger partial charge in [-0.3, -0.25) is 9.69 Å². The topological polar surface area (TPSA) is 58.1 Å². The van der Waals surface area contributed by atoms with E-state index in [9.17, 15) is 9.18 Å². The number of hydrogen-bond donors (Lipinski definition) is 1. The first-order valence-electron chi connectivity index (χ1n) is 10.3. The van der Waals surface area contributed by atoms with Crippen LogP contribution in [0.15, 0.2) is 48.8 Å². The molecule has 1 aliphatic carbocycles. The lowest BCUT2D eigenvalue weighted by Gasteiger charge is -2.39. The third-order valence-electron chi connectivity index (χ3n) is 6.21. The Kier molecular flexibility index (Phi) is 5.72. The van der Waals surface area contributed by atoms with Crippen LogP contribution in [0.3, 0.4) is 0 Å². The van der Waals surface area contributed by atoms with Gasteiger partial charge >= 0.3 is 0 Å². The first-order chi connectivity index (χ1) is 14.1. The first-order valence-corrected chi connectivity index (χ1v) is 10.3. The van der Waals surface area contributed by atoms with Crippen LogP contribution < -0.4 is 5.32 Å². The zero-order chi connectivity index (χ0) is 20.3. The van der Waals surface area contributed by atoms with E-state index in [1.54, 1.807) is 12.1 Å². The number of aryl methyl sites for hydroxylation is 1. The molecule has 1 saturated carbocycles. The Hall–Kier alpha value is -2.60. The van der Waals surface area contributed by atoms with E-state index < -0.39 is 5.41 Å². The van der Waals surface area contributed by atoms with E-state index >= 15 is 0 Å². The Balaban J connectivity index is 1.50. The fourth-order valence-electron chi connectivity index (χ4n) is 4.68. The number of amides is 1. The molecule has 2 aliphatic rings. The lowest BCUT2D eigenvalue weighted by molar-refractivity contribution is -0.134. The van der Waals surface area contributed by atoms with Crippen molar-refractivity contribution in [2.24, 2.45) is 5.41 Å². The molecule has 29 heavy (non-hydrogen) atoms. The third-order valence-corrected chi connectivity index (χ3v) is 6.21. The normalized spacial score (nSPS) is 24.1. The smallest absolute Gasteiger partial charge is 0.228 e. The van der Waals surface area contributed by atoms with Crippen LogP contribution in [0.1, 0.15) is 42.6 Å². The highest BCUT2D eigenvalue weighted by Crippen LogP contribution is 2.46. The van der Waals surface area contributed by atoms with Gasteiger partial charge < -0.3 is 5.32 Å². The maximum absolute atomic E-state index is 13.4. The van der Waals surface area contributed by atoms with Crippen LogP contribution in [0.2, 0.25) is 0 Å². The number of carbonyl (C=O) groups excluding carboxylic acids is 1. The number of benzene rings is 1. The third kappa shape index (κ3) is 4.22. The molecule has 0 spiro atoms. The van der Waals surface area contributed by atoms with E-state index in [1.807, 2.05) is 19.3 Å². The molecule has 1 aliphatic heterocycles. The Bertz CT molecular complexity index is 881. The van der Waals surface area contributed by atoms with Gasteiger partial charge in [-0.2, -0.15) is 0 Å². The molecule has 152 valence electrons. The van der Waals surface area contributed by atoms with Gasteiger partial charge in [-0.1, -0.05) is 30.7 Å². The van der Waals surface area contributed by atoms with E-state index in [-0.39, 0.29) is 17.8 Å². The van der Waals surface area contributed by atoms with Gasteiger partial charge in [0.05, 0.1) is 5.41 Å². The quantitative estimate of drug-likeness (QED) is 0.788. The lowest BCUT2D eigenvalue weighted by Crippen LogP contribution is -2.51. The molecule has 1 aromatic carbocycles. The molecule has 2 aromatic rings. The Morgan fingerprint density at radius 2 is 1.97 bits per heavy atom. The molecule has 0 radical (unpaired) electrons. The molecule has 0 bridgehead atoms. The van der Waals surface area contributed by atoms with Crippen LogP contribution in [-0.2, 0) is 17.9 Å². The molecule has 6 heteroatoms. The van der Waals surface area contributed by atoms with Crippen molar-refractivity contribution >= 4 is 5.91 Å². The van der Waals surface area contributed by atoms with Crippen LogP contribution in [-0.4, -0.2) is 33.4 Å². The summed E-state index contributed by atoms with van der Waals surface area (Å²) in [6.45, 7) is 3.86. The SMILES string of the molecule is Cc1ncc(CN2CC=CC[C@@]3(C(=O)NCc4ccc(F)cc4)CCC[C@@H]23)cn1. The lowest BCUT2D eigenvalue weighted by atomic mass is 9.77. The van der Waals surface area contributed by atoms with Gasteiger partial charge in [0.25, 0.3) is 0 Å². The summed E-state index contributed by atoms with van der Waals surface area (Å²) in [5, 5.41) is 3.12. The summed E-state index contributed by atoms with van der Waals surface area (Å²) in [6.07, 6.45) is 11.8. The van der Waals surface area contributed by atoms with Gasteiger partial charge in [-0.15, -0.1) is 0 Å². The molecule has 0 saturated heterocycles. The average Bonchev–Trinajstić information content (AvgIpc) is 3.08. The summed E-state index contributed by atoms with van der Waals surface area (Å²) in [6, 6.07) is 6.48. The zero-order valence-corrected chi connectivity index (χ0v) is 16.8. The number of allylic oxidation sites excluding steroid dienone is 1.